The number of hydrogen-bond donors (Lipinski definition) is 2. The van der Waals surface area contributed by atoms with Crippen molar-refractivity contribution in [2.45, 2.75) is 45.3 Å². The molecular formula is C11H24N2O4S. The molecule has 1 saturated heterocycles. The molecule has 1 rings (SSSR count). The van der Waals surface area contributed by atoms with Crippen LogP contribution in [0.5, 0.6) is 0 Å². The first kappa shape index (κ1) is 15.8. The molecule has 1 fully saturated rings. The van der Waals surface area contributed by atoms with Crippen LogP contribution in [0.15, 0.2) is 0 Å². The molecule has 7 heteroatoms. The standard InChI is InChI=1S/C11H24N2O4S/c1-10-8-13(9-11(2)17-10)18(15,16)12-6-4-3-5-7-14/h10-12,14H,3-9H2,1-2H3. The van der Waals surface area contributed by atoms with Crippen LogP contribution in [0.3, 0.4) is 0 Å². The van der Waals surface area contributed by atoms with E-state index in [1.807, 2.05) is 13.8 Å². The zero-order valence-electron chi connectivity index (χ0n) is 11.1. The Balaban J connectivity index is 2.38. The summed E-state index contributed by atoms with van der Waals surface area (Å²) in [6.45, 7) is 5.12. The summed E-state index contributed by atoms with van der Waals surface area (Å²) in [6, 6.07) is 0. The molecule has 0 amide bonds. The minimum Gasteiger partial charge on any atom is -0.396 e. The summed E-state index contributed by atoms with van der Waals surface area (Å²) in [5.74, 6) is 0. The van der Waals surface area contributed by atoms with Gasteiger partial charge in [-0.1, -0.05) is 0 Å². The predicted octanol–water partition coefficient (Wildman–Crippen LogP) is 0.0926. The summed E-state index contributed by atoms with van der Waals surface area (Å²) in [6.07, 6.45) is 2.15. The van der Waals surface area contributed by atoms with Crippen LogP contribution in [0.25, 0.3) is 0 Å². The molecule has 1 aliphatic rings. The minimum absolute atomic E-state index is 0.0697. The molecule has 2 unspecified atom stereocenters. The summed E-state index contributed by atoms with van der Waals surface area (Å²) in [7, 11) is -3.40. The van der Waals surface area contributed by atoms with Crippen molar-refractivity contribution in [1.29, 1.82) is 0 Å². The SMILES string of the molecule is CC1CN(S(=O)(=O)NCCCCCO)CC(C)O1. The van der Waals surface area contributed by atoms with Crippen LogP contribution in [0, 0.1) is 0 Å². The molecule has 0 aromatic carbocycles. The van der Waals surface area contributed by atoms with Gasteiger partial charge in [-0.05, 0) is 33.1 Å². The number of aliphatic hydroxyl groups is 1. The van der Waals surface area contributed by atoms with E-state index in [2.05, 4.69) is 4.72 Å². The summed E-state index contributed by atoms with van der Waals surface area (Å²) in [5.41, 5.74) is 0. The number of unbranched alkanes of at least 4 members (excludes halogenated alkanes) is 2. The van der Waals surface area contributed by atoms with Crippen molar-refractivity contribution >= 4 is 10.2 Å². The van der Waals surface area contributed by atoms with Gasteiger partial charge in [-0.2, -0.15) is 12.7 Å². The largest absolute Gasteiger partial charge is 0.396 e. The molecule has 18 heavy (non-hydrogen) atoms. The van der Waals surface area contributed by atoms with E-state index in [1.165, 1.54) is 4.31 Å². The smallest absolute Gasteiger partial charge is 0.279 e. The maximum atomic E-state index is 12.0. The van der Waals surface area contributed by atoms with E-state index in [9.17, 15) is 8.42 Å². The van der Waals surface area contributed by atoms with E-state index in [1.54, 1.807) is 0 Å². The number of hydrogen-bond acceptors (Lipinski definition) is 4. The van der Waals surface area contributed by atoms with Gasteiger partial charge in [0.25, 0.3) is 10.2 Å². The van der Waals surface area contributed by atoms with E-state index in [0.29, 0.717) is 26.1 Å². The maximum Gasteiger partial charge on any atom is 0.279 e. The number of morpholine rings is 1. The third-order valence-electron chi connectivity index (χ3n) is 2.85. The van der Waals surface area contributed by atoms with Crippen LogP contribution >= 0.6 is 0 Å². The van der Waals surface area contributed by atoms with Gasteiger partial charge in [-0.15, -0.1) is 0 Å². The van der Waals surface area contributed by atoms with Crippen molar-refractivity contribution < 1.29 is 18.3 Å². The molecular weight excluding hydrogens is 256 g/mol. The summed E-state index contributed by atoms with van der Waals surface area (Å²) >= 11 is 0. The van der Waals surface area contributed by atoms with Crippen molar-refractivity contribution in [3.63, 3.8) is 0 Å². The first-order chi connectivity index (χ1) is 8.45. The zero-order valence-corrected chi connectivity index (χ0v) is 11.9. The molecule has 1 heterocycles. The van der Waals surface area contributed by atoms with E-state index in [-0.39, 0.29) is 18.8 Å². The van der Waals surface area contributed by atoms with E-state index < -0.39 is 10.2 Å². The summed E-state index contributed by atoms with van der Waals surface area (Å²) in [4.78, 5) is 0. The van der Waals surface area contributed by atoms with Crippen molar-refractivity contribution in [3.05, 3.63) is 0 Å². The van der Waals surface area contributed by atoms with Crippen molar-refractivity contribution in [2.75, 3.05) is 26.2 Å². The highest BCUT2D eigenvalue weighted by molar-refractivity contribution is 7.87. The third-order valence-corrected chi connectivity index (χ3v) is 4.39. The van der Waals surface area contributed by atoms with Crippen LogP contribution in [-0.4, -0.2) is 56.3 Å². The lowest BCUT2D eigenvalue weighted by Crippen LogP contribution is -2.52. The van der Waals surface area contributed by atoms with Crippen LogP contribution in [0.1, 0.15) is 33.1 Å². The van der Waals surface area contributed by atoms with Gasteiger partial charge in [0.1, 0.15) is 0 Å². The Kier molecular flexibility index (Phi) is 6.51. The van der Waals surface area contributed by atoms with E-state index in [4.69, 9.17) is 9.84 Å². The lowest BCUT2D eigenvalue weighted by molar-refractivity contribution is -0.0443. The van der Waals surface area contributed by atoms with Gasteiger partial charge in [0.15, 0.2) is 0 Å². The zero-order chi connectivity index (χ0) is 13.6. The monoisotopic (exact) mass is 280 g/mol. The molecule has 2 N–H and O–H groups in total. The Labute approximate surface area is 109 Å². The molecule has 2 atom stereocenters. The molecule has 0 aromatic heterocycles. The highest BCUT2D eigenvalue weighted by atomic mass is 32.2. The molecule has 0 aliphatic carbocycles. The Bertz CT molecular complexity index is 324. The lowest BCUT2D eigenvalue weighted by Gasteiger charge is -2.34. The third kappa shape index (κ3) is 5.19. The molecule has 6 nitrogen and oxygen atoms in total. The molecule has 0 saturated carbocycles. The maximum absolute atomic E-state index is 12.0. The second-order valence-corrected chi connectivity index (χ2v) is 6.51. The Morgan fingerprint density at radius 3 is 2.39 bits per heavy atom. The van der Waals surface area contributed by atoms with Crippen LogP contribution < -0.4 is 4.72 Å². The second-order valence-electron chi connectivity index (χ2n) is 4.76. The van der Waals surface area contributed by atoms with Gasteiger partial charge in [0.05, 0.1) is 12.2 Å². The van der Waals surface area contributed by atoms with Crippen LogP contribution in [-0.2, 0) is 14.9 Å². The van der Waals surface area contributed by atoms with Crippen LogP contribution in [0.4, 0.5) is 0 Å². The predicted molar refractivity (Wildman–Crippen MR) is 69.4 cm³/mol. The van der Waals surface area contributed by atoms with Gasteiger partial charge in [-0.25, -0.2) is 4.72 Å². The molecule has 0 bridgehead atoms. The summed E-state index contributed by atoms with van der Waals surface area (Å²) in [5, 5.41) is 8.63. The highest BCUT2D eigenvalue weighted by Crippen LogP contribution is 2.13. The first-order valence-corrected chi connectivity index (χ1v) is 7.90. The number of rotatable bonds is 7. The second kappa shape index (κ2) is 7.40. The Morgan fingerprint density at radius 2 is 1.83 bits per heavy atom. The van der Waals surface area contributed by atoms with Crippen LogP contribution in [0.2, 0.25) is 0 Å². The van der Waals surface area contributed by atoms with Gasteiger partial charge < -0.3 is 9.84 Å². The molecule has 0 radical (unpaired) electrons. The van der Waals surface area contributed by atoms with Crippen molar-refractivity contribution in [2.24, 2.45) is 0 Å². The average Bonchev–Trinajstić information content (AvgIpc) is 2.27. The molecule has 0 aromatic rings. The fraction of sp³-hybridized carbons (Fsp3) is 1.00. The number of aliphatic hydroxyl groups excluding tert-OH is 1. The fourth-order valence-electron chi connectivity index (χ4n) is 2.03. The van der Waals surface area contributed by atoms with E-state index in [0.717, 1.165) is 12.8 Å². The van der Waals surface area contributed by atoms with Crippen molar-refractivity contribution in [3.8, 4) is 0 Å². The van der Waals surface area contributed by atoms with Gasteiger partial charge in [0.2, 0.25) is 0 Å². The Hall–Kier alpha value is -0.210. The number of nitrogens with zero attached hydrogens (tertiary/aromatic N) is 1. The highest BCUT2D eigenvalue weighted by Gasteiger charge is 2.30. The average molecular weight is 280 g/mol. The Morgan fingerprint density at radius 1 is 1.22 bits per heavy atom. The fourth-order valence-corrected chi connectivity index (χ4v) is 3.43. The first-order valence-electron chi connectivity index (χ1n) is 6.46. The minimum atomic E-state index is -3.40. The van der Waals surface area contributed by atoms with Gasteiger partial charge in [0, 0.05) is 26.2 Å². The quantitative estimate of drug-likeness (QED) is 0.648. The summed E-state index contributed by atoms with van der Waals surface area (Å²) < 4.78 is 33.6. The lowest BCUT2D eigenvalue weighted by atomic mass is 10.2. The van der Waals surface area contributed by atoms with E-state index >= 15 is 0 Å². The topological polar surface area (TPSA) is 78.9 Å². The number of ether oxygens (including phenoxy) is 1. The van der Waals surface area contributed by atoms with Gasteiger partial charge in [-0.3, -0.25) is 0 Å². The van der Waals surface area contributed by atoms with Crippen molar-refractivity contribution in [1.82, 2.24) is 9.03 Å². The normalized spacial score (nSPS) is 26.4. The molecule has 108 valence electrons. The number of nitrogens with one attached hydrogen (secondary N) is 1. The molecule has 1 aliphatic heterocycles. The molecule has 0 spiro atoms. The van der Waals surface area contributed by atoms with Gasteiger partial charge >= 0.3 is 0 Å².